The van der Waals surface area contributed by atoms with Crippen LogP contribution < -0.4 is 5.73 Å². The van der Waals surface area contributed by atoms with Gasteiger partial charge in [0.1, 0.15) is 11.9 Å². The number of hydrogen-bond acceptors (Lipinski definition) is 1. The summed E-state index contributed by atoms with van der Waals surface area (Å²) in [7, 11) is 0. The van der Waals surface area contributed by atoms with Crippen molar-refractivity contribution in [3.8, 4) is 0 Å². The Hall–Kier alpha value is -0.660. The molecule has 9 heteroatoms. The van der Waals surface area contributed by atoms with E-state index in [4.69, 9.17) is 28.9 Å². The summed E-state index contributed by atoms with van der Waals surface area (Å²) < 4.78 is 75.6. The van der Waals surface area contributed by atoms with Crippen LogP contribution in [0, 0.1) is 5.82 Å². The molecule has 0 radical (unpaired) electrons. The zero-order valence-corrected chi connectivity index (χ0v) is 9.84. The van der Waals surface area contributed by atoms with Crippen molar-refractivity contribution in [1.82, 2.24) is 0 Å². The number of hydrogen-bond donors (Lipinski definition) is 1. The van der Waals surface area contributed by atoms with Gasteiger partial charge in [-0.3, -0.25) is 0 Å². The third kappa shape index (κ3) is 2.53. The summed E-state index contributed by atoms with van der Waals surface area (Å²) in [6.45, 7) is 0. The minimum atomic E-state index is -5.93. The van der Waals surface area contributed by atoms with Gasteiger partial charge in [-0.15, -0.1) is 0 Å². The van der Waals surface area contributed by atoms with Crippen molar-refractivity contribution in [2.75, 3.05) is 0 Å². The second-order valence-electron chi connectivity index (χ2n) is 3.36. The summed E-state index contributed by atoms with van der Waals surface area (Å²) >= 11 is 10.8. The van der Waals surface area contributed by atoms with Crippen LogP contribution in [0.4, 0.5) is 26.3 Å². The zero-order valence-electron chi connectivity index (χ0n) is 8.33. The Kier molecular flexibility index (Phi) is 4.10. The molecule has 102 valence electrons. The first-order chi connectivity index (χ1) is 8.00. The Morgan fingerprint density at radius 3 is 2.00 bits per heavy atom. The summed E-state index contributed by atoms with van der Waals surface area (Å²) in [5, 5.41) is -1.14. The molecular formula is C9H5Cl2F6N. The van der Waals surface area contributed by atoms with Crippen molar-refractivity contribution in [3.63, 3.8) is 0 Å². The molecule has 0 fully saturated rings. The molecule has 0 spiro atoms. The lowest BCUT2D eigenvalue weighted by atomic mass is 10.0. The molecule has 0 unspecified atom stereocenters. The fourth-order valence-corrected chi connectivity index (χ4v) is 1.62. The minimum absolute atomic E-state index is 0.374. The molecule has 0 amide bonds. The Labute approximate surface area is 107 Å². The fourth-order valence-electron chi connectivity index (χ4n) is 1.19. The molecule has 1 aromatic carbocycles. The molecule has 0 saturated heterocycles. The van der Waals surface area contributed by atoms with E-state index in [-0.39, 0.29) is 5.02 Å². The first-order valence-corrected chi connectivity index (χ1v) is 5.09. The maximum Gasteiger partial charge on any atom is 0.455 e. The first-order valence-electron chi connectivity index (χ1n) is 4.33. The largest absolute Gasteiger partial charge is 0.455 e. The van der Waals surface area contributed by atoms with Crippen LogP contribution in [0.2, 0.25) is 10.0 Å². The summed E-state index contributed by atoms with van der Waals surface area (Å²) in [6.07, 6.45) is -5.93. The van der Waals surface area contributed by atoms with E-state index in [1.165, 1.54) is 0 Å². The summed E-state index contributed by atoms with van der Waals surface area (Å²) in [4.78, 5) is 0. The smallest absolute Gasteiger partial charge is 0.319 e. The van der Waals surface area contributed by atoms with E-state index in [1.54, 1.807) is 0 Å². The molecule has 0 aliphatic rings. The van der Waals surface area contributed by atoms with Crippen molar-refractivity contribution in [2.45, 2.75) is 18.1 Å². The zero-order chi connectivity index (χ0) is 14.3. The van der Waals surface area contributed by atoms with Crippen LogP contribution in [-0.4, -0.2) is 12.1 Å². The lowest BCUT2D eigenvalue weighted by Gasteiger charge is -2.26. The van der Waals surface area contributed by atoms with Gasteiger partial charge in [-0.1, -0.05) is 23.2 Å². The molecule has 18 heavy (non-hydrogen) atoms. The Morgan fingerprint density at radius 2 is 1.56 bits per heavy atom. The SMILES string of the molecule is N[C@@H](c1c(F)ccc(Cl)c1Cl)C(F)(F)C(F)(F)F. The van der Waals surface area contributed by atoms with Crippen molar-refractivity contribution in [1.29, 1.82) is 0 Å². The maximum absolute atomic E-state index is 13.3. The highest BCUT2D eigenvalue weighted by Crippen LogP contribution is 2.46. The lowest BCUT2D eigenvalue weighted by Crippen LogP contribution is -2.46. The van der Waals surface area contributed by atoms with Gasteiger partial charge in [-0.05, 0) is 12.1 Å². The predicted octanol–water partition coefficient (Wildman–Crippen LogP) is 4.33. The minimum Gasteiger partial charge on any atom is -0.319 e. The van der Waals surface area contributed by atoms with E-state index < -0.39 is 34.5 Å². The number of alkyl halides is 5. The molecule has 0 heterocycles. The van der Waals surface area contributed by atoms with E-state index in [1.807, 2.05) is 0 Å². The highest BCUT2D eigenvalue weighted by atomic mass is 35.5. The van der Waals surface area contributed by atoms with Crippen LogP contribution in [0.5, 0.6) is 0 Å². The van der Waals surface area contributed by atoms with Crippen LogP contribution in [-0.2, 0) is 0 Å². The van der Waals surface area contributed by atoms with Crippen LogP contribution >= 0.6 is 23.2 Å². The van der Waals surface area contributed by atoms with E-state index in [9.17, 15) is 26.3 Å². The second kappa shape index (κ2) is 4.79. The Bertz CT molecular complexity index is 459. The van der Waals surface area contributed by atoms with Crippen molar-refractivity contribution in [3.05, 3.63) is 33.6 Å². The average molecular weight is 312 g/mol. The number of rotatable bonds is 2. The maximum atomic E-state index is 13.3. The van der Waals surface area contributed by atoms with Gasteiger partial charge in [0.25, 0.3) is 0 Å². The molecule has 1 nitrogen and oxygen atoms in total. The first kappa shape index (κ1) is 15.4. The average Bonchev–Trinajstić information content (AvgIpc) is 2.22. The molecule has 1 atom stereocenters. The van der Waals surface area contributed by atoms with E-state index >= 15 is 0 Å². The monoisotopic (exact) mass is 311 g/mol. The van der Waals surface area contributed by atoms with Crippen molar-refractivity contribution in [2.24, 2.45) is 5.73 Å². The standard InChI is InChI=1S/C9H5Cl2F6N/c10-3-1-2-4(12)5(6(3)11)7(18)8(13,14)9(15,16)17/h1-2,7H,18H2/t7-/m0/s1. The van der Waals surface area contributed by atoms with Crippen LogP contribution in [0.25, 0.3) is 0 Å². The number of benzene rings is 1. The van der Waals surface area contributed by atoms with Gasteiger partial charge in [-0.2, -0.15) is 22.0 Å². The van der Waals surface area contributed by atoms with Gasteiger partial charge in [0.05, 0.1) is 10.0 Å². The predicted molar refractivity (Wildman–Crippen MR) is 54.4 cm³/mol. The third-order valence-electron chi connectivity index (χ3n) is 2.16. The van der Waals surface area contributed by atoms with Crippen molar-refractivity contribution < 1.29 is 26.3 Å². The van der Waals surface area contributed by atoms with Gasteiger partial charge in [-0.25, -0.2) is 4.39 Å². The summed E-state index contributed by atoms with van der Waals surface area (Å²) in [5.41, 5.74) is 3.60. The molecule has 0 bridgehead atoms. The molecular weight excluding hydrogens is 307 g/mol. The Balaban J connectivity index is 3.36. The van der Waals surface area contributed by atoms with Crippen molar-refractivity contribution >= 4 is 23.2 Å². The van der Waals surface area contributed by atoms with Crippen LogP contribution in [0.15, 0.2) is 12.1 Å². The second-order valence-corrected chi connectivity index (χ2v) is 4.14. The molecule has 0 aromatic heterocycles. The van der Waals surface area contributed by atoms with E-state index in [0.29, 0.717) is 6.07 Å². The van der Waals surface area contributed by atoms with E-state index in [2.05, 4.69) is 0 Å². The van der Waals surface area contributed by atoms with Gasteiger partial charge in [0.2, 0.25) is 0 Å². The third-order valence-corrected chi connectivity index (χ3v) is 2.98. The highest BCUT2D eigenvalue weighted by molar-refractivity contribution is 6.42. The van der Waals surface area contributed by atoms with Crippen LogP contribution in [0.1, 0.15) is 11.6 Å². The summed E-state index contributed by atoms with van der Waals surface area (Å²) in [5.74, 6) is -6.72. The van der Waals surface area contributed by atoms with Gasteiger partial charge < -0.3 is 5.73 Å². The van der Waals surface area contributed by atoms with Gasteiger partial charge in [0.15, 0.2) is 0 Å². The van der Waals surface area contributed by atoms with Gasteiger partial charge in [0, 0.05) is 5.56 Å². The summed E-state index contributed by atoms with van der Waals surface area (Å²) in [6, 6.07) is -1.46. The normalized spacial score (nSPS) is 14.7. The lowest BCUT2D eigenvalue weighted by molar-refractivity contribution is -0.291. The molecule has 1 rings (SSSR count). The quantitative estimate of drug-likeness (QED) is 0.638. The molecule has 0 aliphatic heterocycles. The molecule has 0 saturated carbocycles. The van der Waals surface area contributed by atoms with Crippen LogP contribution in [0.3, 0.4) is 0 Å². The van der Waals surface area contributed by atoms with Gasteiger partial charge >= 0.3 is 12.1 Å². The highest BCUT2D eigenvalue weighted by Gasteiger charge is 2.62. The molecule has 1 aromatic rings. The molecule has 2 N–H and O–H groups in total. The number of halogens is 8. The number of nitrogens with two attached hydrogens (primary N) is 1. The fraction of sp³-hybridized carbons (Fsp3) is 0.333. The molecule has 0 aliphatic carbocycles. The Morgan fingerprint density at radius 1 is 1.06 bits per heavy atom. The van der Waals surface area contributed by atoms with E-state index in [0.717, 1.165) is 6.07 Å². The topological polar surface area (TPSA) is 26.0 Å².